The lowest BCUT2D eigenvalue weighted by atomic mass is 9.86. The summed E-state index contributed by atoms with van der Waals surface area (Å²) >= 11 is 25.7. The molecule has 0 spiro atoms. The fourth-order valence-corrected chi connectivity index (χ4v) is 9.47. The van der Waals surface area contributed by atoms with E-state index in [2.05, 4.69) is 75.4 Å². The van der Waals surface area contributed by atoms with Crippen molar-refractivity contribution in [3.05, 3.63) is 162 Å². The number of alkyl halides is 4. The molecular weight excluding hydrogens is 1350 g/mol. The fourth-order valence-electron chi connectivity index (χ4n) is 8.38. The number of nitrogens with two attached hydrogens (primary N) is 3. The number of hydrogen-bond acceptors (Lipinski definition) is 24. The molecule has 2 aliphatic rings. The van der Waals surface area contributed by atoms with Crippen LogP contribution in [0.4, 0.5) is 39.6 Å². The van der Waals surface area contributed by atoms with Gasteiger partial charge >= 0.3 is 23.2 Å². The first-order chi connectivity index (χ1) is 44.1. The highest BCUT2D eigenvalue weighted by molar-refractivity contribution is 8.04. The normalized spacial score (nSPS) is 14.8. The molecule has 2 aliphatic carbocycles. The number of benzene rings is 3. The summed E-state index contributed by atoms with van der Waals surface area (Å²) in [5, 5.41) is 65.3. The van der Waals surface area contributed by atoms with Crippen molar-refractivity contribution in [3.63, 3.8) is 0 Å². The van der Waals surface area contributed by atoms with Crippen LogP contribution in [0.5, 0.6) is 0 Å². The number of thiocyanates is 2. The van der Waals surface area contributed by atoms with E-state index in [1.807, 2.05) is 87.5 Å². The van der Waals surface area contributed by atoms with Crippen molar-refractivity contribution in [3.8, 4) is 10.8 Å². The Kier molecular flexibility index (Phi) is 47.2. The lowest BCUT2D eigenvalue weighted by Gasteiger charge is -2.29. The molecule has 26 nitrogen and oxygen atoms in total. The molecule has 0 unspecified atom stereocenters. The van der Waals surface area contributed by atoms with Gasteiger partial charge in [0.25, 0.3) is 0 Å². The van der Waals surface area contributed by atoms with Gasteiger partial charge in [-0.05, 0) is 145 Å². The third-order valence-corrected chi connectivity index (χ3v) is 14.1. The number of nitrogens with zero attached hydrogens (tertiary/aromatic N) is 11. The third kappa shape index (κ3) is 38.2. The summed E-state index contributed by atoms with van der Waals surface area (Å²) in [6.45, 7) is 9.03. The minimum Gasteiger partial charge on any atom is -0.444 e. The molecule has 0 radical (unpaired) electrons. The molecule has 3 aromatic carbocycles. The Labute approximate surface area is 583 Å². The number of thioether (sulfide) groups is 2. The Morgan fingerprint density at radius 1 is 0.617 bits per heavy atom. The monoisotopic (exact) mass is 1440 g/mol. The van der Waals surface area contributed by atoms with Gasteiger partial charge in [0.05, 0.1) is 25.4 Å². The molecule has 3 aromatic heterocycles. The number of nitrogens with one attached hydrogen (secondary N) is 4. The van der Waals surface area contributed by atoms with Crippen LogP contribution >= 0.6 is 81.5 Å². The predicted molar refractivity (Wildman–Crippen MR) is 380 cm³/mol. The number of alkyl carbamates (subject to hydrolysis) is 1. The van der Waals surface area contributed by atoms with Gasteiger partial charge in [-0.3, -0.25) is 30.3 Å². The standard InChI is InChI=1S/C19H26N6O2.C13H11N5O2S.C12H24N2O2.C8H11N.C5HClN4O2S.2CH2Cl2.2CH4/c20-16-8-6-15(7-9-16)12-22-18-17(25(26)27)13-23-19(24-18)21-11-10-14-4-2-1-3-5-14;14-9-21-12-11(18(19)20)8-16-13(17-12)15-7-6-10-4-2-1-3-5-10;1-12(2,3)16-11(15)14-10-6-4-9(8-13)5-7-10;9-7-6-8-4-2-1-3-5-8;6-5-8-1-3(10(11)12)4(9-5)13-2-7;2*2-1-3;;/h1-5,13,15-16H,6-12,20H2,(H2,21,22,23,24);1-5,8H,6-7H2,(H,15,16,17);9-10H,4-8,13H2,1-3H3,(H,14,15);1-5H,6-7,9H2;1H;2*1H2;2*1H4. The van der Waals surface area contributed by atoms with E-state index >= 15 is 0 Å². The zero-order chi connectivity index (χ0) is 68.1. The average molecular weight is 1440 g/mol. The molecule has 10 N–H and O–H groups in total. The lowest BCUT2D eigenvalue weighted by molar-refractivity contribution is -0.388. The number of ether oxygens (including phenoxy) is 1. The van der Waals surface area contributed by atoms with Gasteiger partial charge < -0.3 is 43.2 Å². The van der Waals surface area contributed by atoms with Gasteiger partial charge in [0, 0.05) is 55.2 Å². The van der Waals surface area contributed by atoms with Crippen LogP contribution < -0.4 is 38.5 Å². The van der Waals surface area contributed by atoms with E-state index in [1.165, 1.54) is 22.9 Å². The van der Waals surface area contributed by atoms with Crippen LogP contribution in [0.2, 0.25) is 5.28 Å². The topological polar surface area (TPSA) is 407 Å². The van der Waals surface area contributed by atoms with Crippen molar-refractivity contribution >= 4 is 122 Å². The second-order valence-corrected chi connectivity index (χ2v) is 24.1. The van der Waals surface area contributed by atoms with E-state index in [4.69, 9.17) is 90.5 Å². The molecule has 3 heterocycles. The van der Waals surface area contributed by atoms with Gasteiger partial charge in [0.15, 0.2) is 10.1 Å². The first-order valence-corrected chi connectivity index (χ1v) is 32.8. The Morgan fingerprint density at radius 3 is 1.44 bits per heavy atom. The van der Waals surface area contributed by atoms with Gasteiger partial charge in [-0.25, -0.2) is 24.7 Å². The van der Waals surface area contributed by atoms with Gasteiger partial charge in [-0.1, -0.05) is 106 Å². The predicted octanol–water partition coefficient (Wildman–Crippen LogP) is 14.5. The Balaban J connectivity index is 0.00000116. The molecule has 94 heavy (non-hydrogen) atoms. The molecule has 8 rings (SSSR count). The lowest BCUT2D eigenvalue weighted by Crippen LogP contribution is -2.41. The Bertz CT molecular complexity index is 3170. The van der Waals surface area contributed by atoms with Crippen molar-refractivity contribution in [2.24, 2.45) is 29.0 Å². The van der Waals surface area contributed by atoms with E-state index in [0.29, 0.717) is 60.9 Å². The molecule has 0 atom stereocenters. The average Bonchev–Trinajstić information content (AvgIpc) is 0.919. The number of carbonyl (C=O) groups excluding carboxylic acids is 1. The highest BCUT2D eigenvalue weighted by Gasteiger charge is 2.25. The van der Waals surface area contributed by atoms with E-state index in [-0.39, 0.29) is 87.9 Å². The maximum absolute atomic E-state index is 11.5. The zero-order valence-electron chi connectivity index (χ0n) is 51.1. The van der Waals surface area contributed by atoms with Crippen LogP contribution in [0.3, 0.4) is 0 Å². The van der Waals surface area contributed by atoms with E-state index in [1.54, 1.807) is 10.8 Å². The number of hydrogen-bond donors (Lipinski definition) is 7. The molecule has 6 aromatic rings. The maximum Gasteiger partial charge on any atom is 0.407 e. The van der Waals surface area contributed by atoms with Crippen molar-refractivity contribution in [1.29, 1.82) is 10.5 Å². The van der Waals surface area contributed by atoms with Gasteiger partial charge in [-0.2, -0.15) is 20.5 Å². The number of halogens is 5. The number of carbonyl (C=O) groups is 1. The summed E-state index contributed by atoms with van der Waals surface area (Å²) in [5.41, 5.74) is 19.5. The first-order valence-electron chi connectivity index (χ1n) is 28.7. The van der Waals surface area contributed by atoms with Gasteiger partial charge in [0.2, 0.25) is 23.0 Å². The van der Waals surface area contributed by atoms with Crippen LogP contribution in [0, 0.1) is 63.5 Å². The molecule has 0 bridgehead atoms. The van der Waals surface area contributed by atoms with E-state index in [0.717, 1.165) is 96.1 Å². The van der Waals surface area contributed by atoms with Crippen LogP contribution in [0.25, 0.3) is 0 Å². The minimum absolute atomic E-state index is 0. The molecule has 0 aliphatic heterocycles. The number of amides is 1. The van der Waals surface area contributed by atoms with Crippen LogP contribution in [-0.4, -0.2) is 112 Å². The molecule has 33 heteroatoms. The van der Waals surface area contributed by atoms with E-state index in [9.17, 15) is 35.1 Å². The second kappa shape index (κ2) is 51.2. The summed E-state index contributed by atoms with van der Waals surface area (Å²) in [6.07, 6.45) is 14.0. The van der Waals surface area contributed by atoms with Crippen molar-refractivity contribution in [2.45, 2.75) is 134 Å². The third-order valence-electron chi connectivity index (χ3n) is 12.8. The highest BCUT2D eigenvalue weighted by atomic mass is 35.5. The van der Waals surface area contributed by atoms with Crippen molar-refractivity contribution < 1.29 is 24.3 Å². The Morgan fingerprint density at radius 2 is 1.02 bits per heavy atom. The molecule has 2 fully saturated rings. The molecular formula is C61H85Cl5N18O8S2. The van der Waals surface area contributed by atoms with Crippen LogP contribution in [0.15, 0.2) is 120 Å². The maximum atomic E-state index is 11.5. The summed E-state index contributed by atoms with van der Waals surface area (Å²) in [5.74, 6) is 2.04. The quantitative estimate of drug-likeness (QED) is 0.00710. The van der Waals surface area contributed by atoms with Crippen molar-refractivity contribution in [2.75, 3.05) is 59.4 Å². The molecule has 2 saturated carbocycles. The van der Waals surface area contributed by atoms with Gasteiger partial charge in [0.1, 0.15) is 35.0 Å². The number of nitro groups is 3. The second-order valence-electron chi connectivity index (χ2n) is 20.6. The summed E-state index contributed by atoms with van der Waals surface area (Å²) in [7, 11) is 0. The van der Waals surface area contributed by atoms with Crippen molar-refractivity contribution in [1.82, 2.24) is 35.2 Å². The van der Waals surface area contributed by atoms with E-state index < -0.39 is 20.4 Å². The Hall–Kier alpha value is -7.22. The number of anilines is 3. The number of rotatable bonds is 20. The largest absolute Gasteiger partial charge is 0.444 e. The number of aromatic nitrogens is 6. The van der Waals surface area contributed by atoms with Crippen LogP contribution in [0.1, 0.15) is 104 Å². The first kappa shape index (κ1) is 86.8. The summed E-state index contributed by atoms with van der Waals surface area (Å²) < 4.78 is 5.22. The zero-order valence-corrected chi connectivity index (χ0v) is 56.5. The fraction of sp³-hybridized carbons (Fsp3) is 0.459. The SMILES string of the molecule is C.C.CC(C)(C)OC(=O)NC1CCC(CN)CC1.ClCCl.ClCCl.N#CSc1nc(Cl)ncc1[N+](=O)[O-].N#CSc1nc(NCCc2ccccc2)ncc1[N+](=O)[O-].NC1CCC(CNc2nc(NCCc3ccccc3)ncc2[N+](=O)[O-])CC1.NCCc1ccccc1. The highest BCUT2D eigenvalue weighted by Crippen LogP contribution is 2.29. The number of nitriles is 2. The summed E-state index contributed by atoms with van der Waals surface area (Å²) in [6, 6.07) is 30.8. The minimum atomic E-state index is -0.671. The molecule has 514 valence electrons. The smallest absolute Gasteiger partial charge is 0.407 e. The summed E-state index contributed by atoms with van der Waals surface area (Å²) in [4.78, 5) is 65.5. The van der Waals surface area contributed by atoms with Crippen LogP contribution in [-0.2, 0) is 24.0 Å². The van der Waals surface area contributed by atoms with Gasteiger partial charge in [-0.15, -0.1) is 46.4 Å². The molecule has 0 saturated heterocycles. The molecule has 1 amide bonds.